The van der Waals surface area contributed by atoms with Crippen LogP contribution >= 0.6 is 11.6 Å². The van der Waals surface area contributed by atoms with Crippen LogP contribution in [0.15, 0.2) is 24.3 Å². The zero-order valence-corrected chi connectivity index (χ0v) is 20.2. The number of Topliss-reactive ketones (excluding diaryl/α,β-unsaturated/α-hetero) is 1. The number of halogens is 4. The Hall–Kier alpha value is -1.80. The summed E-state index contributed by atoms with van der Waals surface area (Å²) in [5.74, 6) is -0.0522. The van der Waals surface area contributed by atoms with Crippen molar-refractivity contribution in [1.29, 1.82) is 0 Å². The Balaban J connectivity index is 2.05. The summed E-state index contributed by atoms with van der Waals surface area (Å²) in [5, 5.41) is 2.65. The van der Waals surface area contributed by atoms with Crippen LogP contribution in [-0.4, -0.2) is 59.2 Å². The Labute approximate surface area is 199 Å². The van der Waals surface area contributed by atoms with Crippen LogP contribution in [0.2, 0.25) is 0 Å². The molecular formula is C24H35ClF3N3O2. The number of urea groups is 1. The summed E-state index contributed by atoms with van der Waals surface area (Å²) >= 11 is 5.55. The molecule has 1 unspecified atom stereocenters. The van der Waals surface area contributed by atoms with Gasteiger partial charge >= 0.3 is 12.2 Å². The number of benzene rings is 1. The second kappa shape index (κ2) is 13.2. The average Bonchev–Trinajstić information content (AvgIpc) is 2.78. The molecule has 1 fully saturated rings. The van der Waals surface area contributed by atoms with Gasteiger partial charge in [-0.2, -0.15) is 13.2 Å². The lowest BCUT2D eigenvalue weighted by Crippen LogP contribution is -2.50. The normalized spacial score (nSPS) is 16.4. The number of hydrogen-bond acceptors (Lipinski definition) is 3. The highest BCUT2D eigenvalue weighted by molar-refractivity contribution is 6.27. The maximum Gasteiger partial charge on any atom is 0.416 e. The molecule has 1 heterocycles. The Kier molecular flexibility index (Phi) is 11.0. The predicted octanol–water partition coefficient (Wildman–Crippen LogP) is 6.17. The second-order valence-corrected chi connectivity index (χ2v) is 9.00. The molecule has 1 saturated heterocycles. The molecule has 0 spiro atoms. The molecule has 1 aromatic carbocycles. The van der Waals surface area contributed by atoms with E-state index in [0.29, 0.717) is 31.8 Å². The SMILES string of the molecule is CCCC(C)N1CCC(N(CCCCC(=O)CCl)C(=O)Nc2cccc(C(F)(F)F)c2)CC1. The molecule has 1 aliphatic heterocycles. The van der Waals surface area contributed by atoms with Crippen molar-refractivity contribution in [2.24, 2.45) is 0 Å². The van der Waals surface area contributed by atoms with Gasteiger partial charge in [0.05, 0.1) is 11.4 Å². The summed E-state index contributed by atoms with van der Waals surface area (Å²) < 4.78 is 39.1. The van der Waals surface area contributed by atoms with Gasteiger partial charge in [-0.1, -0.05) is 19.4 Å². The van der Waals surface area contributed by atoms with Crippen LogP contribution in [0.5, 0.6) is 0 Å². The van der Waals surface area contributed by atoms with E-state index in [9.17, 15) is 22.8 Å². The van der Waals surface area contributed by atoms with E-state index in [4.69, 9.17) is 11.6 Å². The van der Waals surface area contributed by atoms with Gasteiger partial charge in [0.15, 0.2) is 0 Å². The van der Waals surface area contributed by atoms with Gasteiger partial charge in [0.1, 0.15) is 5.78 Å². The molecule has 0 aliphatic carbocycles. The second-order valence-electron chi connectivity index (χ2n) is 8.74. The lowest BCUT2D eigenvalue weighted by atomic mass is 10.00. The van der Waals surface area contributed by atoms with Crippen molar-refractivity contribution in [2.75, 3.05) is 30.8 Å². The summed E-state index contributed by atoms with van der Waals surface area (Å²) in [4.78, 5) is 28.7. The number of nitrogens with one attached hydrogen (secondary N) is 1. The minimum Gasteiger partial charge on any atom is -0.321 e. The van der Waals surface area contributed by atoms with Crippen molar-refractivity contribution in [3.8, 4) is 0 Å². The summed E-state index contributed by atoms with van der Waals surface area (Å²) in [6, 6.07) is 4.76. The summed E-state index contributed by atoms with van der Waals surface area (Å²) in [6.45, 7) is 6.58. The first-order chi connectivity index (χ1) is 15.7. The number of alkyl halides is 4. The van der Waals surface area contributed by atoms with E-state index in [1.165, 1.54) is 12.1 Å². The van der Waals surface area contributed by atoms with Crippen LogP contribution in [0.3, 0.4) is 0 Å². The lowest BCUT2D eigenvalue weighted by Gasteiger charge is -2.40. The largest absolute Gasteiger partial charge is 0.416 e. The van der Waals surface area contributed by atoms with E-state index >= 15 is 0 Å². The highest BCUT2D eigenvalue weighted by Crippen LogP contribution is 2.31. The maximum absolute atomic E-state index is 13.1. The predicted molar refractivity (Wildman–Crippen MR) is 126 cm³/mol. The molecule has 1 aliphatic rings. The number of amides is 2. The van der Waals surface area contributed by atoms with E-state index in [1.54, 1.807) is 4.90 Å². The van der Waals surface area contributed by atoms with Gasteiger partial charge in [-0.25, -0.2) is 4.79 Å². The molecule has 0 saturated carbocycles. The van der Waals surface area contributed by atoms with Gasteiger partial charge in [0.2, 0.25) is 0 Å². The summed E-state index contributed by atoms with van der Waals surface area (Å²) in [5.41, 5.74) is -0.684. The number of hydrogen-bond donors (Lipinski definition) is 1. The number of unbranched alkanes of at least 4 members (excludes halogenated alkanes) is 1. The monoisotopic (exact) mass is 489 g/mol. The van der Waals surface area contributed by atoms with E-state index in [2.05, 4.69) is 24.1 Å². The fourth-order valence-electron chi connectivity index (χ4n) is 4.33. The van der Waals surface area contributed by atoms with E-state index < -0.39 is 17.8 Å². The smallest absolute Gasteiger partial charge is 0.321 e. The maximum atomic E-state index is 13.1. The minimum atomic E-state index is -4.47. The van der Waals surface area contributed by atoms with Crippen molar-refractivity contribution >= 4 is 29.1 Å². The third-order valence-electron chi connectivity index (χ3n) is 6.23. The molecule has 0 aromatic heterocycles. The molecule has 5 nitrogen and oxygen atoms in total. The van der Waals surface area contributed by atoms with E-state index in [1.807, 2.05) is 0 Å². The minimum absolute atomic E-state index is 0.00426. The van der Waals surface area contributed by atoms with Crippen molar-refractivity contribution < 1.29 is 22.8 Å². The molecule has 2 amide bonds. The Morgan fingerprint density at radius 3 is 2.55 bits per heavy atom. The Bertz CT molecular complexity index is 768. The highest BCUT2D eigenvalue weighted by Gasteiger charge is 2.32. The molecule has 9 heteroatoms. The molecular weight excluding hydrogens is 455 g/mol. The van der Waals surface area contributed by atoms with Crippen LogP contribution < -0.4 is 5.32 Å². The fraction of sp³-hybridized carbons (Fsp3) is 0.667. The van der Waals surface area contributed by atoms with Gasteiger partial charge < -0.3 is 15.1 Å². The Morgan fingerprint density at radius 2 is 1.94 bits per heavy atom. The van der Waals surface area contributed by atoms with Gasteiger partial charge in [-0.3, -0.25) is 4.79 Å². The van der Waals surface area contributed by atoms with Crippen molar-refractivity contribution in [3.05, 3.63) is 29.8 Å². The molecule has 0 radical (unpaired) electrons. The highest BCUT2D eigenvalue weighted by atomic mass is 35.5. The zero-order valence-electron chi connectivity index (χ0n) is 19.5. The first-order valence-electron chi connectivity index (χ1n) is 11.7. The van der Waals surface area contributed by atoms with Crippen LogP contribution in [0.25, 0.3) is 0 Å². The van der Waals surface area contributed by atoms with Crippen molar-refractivity contribution in [1.82, 2.24) is 9.80 Å². The number of anilines is 1. The summed E-state index contributed by atoms with van der Waals surface area (Å²) in [6.07, 6.45) is 0.995. The summed E-state index contributed by atoms with van der Waals surface area (Å²) in [7, 11) is 0. The molecule has 186 valence electrons. The lowest BCUT2D eigenvalue weighted by molar-refractivity contribution is -0.137. The number of carbonyl (C=O) groups excluding carboxylic acids is 2. The standard InChI is InChI=1S/C24H35ClF3N3O2/c1-3-7-18(2)30-14-11-21(12-15-30)31(13-5-4-10-22(32)17-25)23(33)29-20-9-6-8-19(16-20)24(26,27)28/h6,8-9,16,18,21H,3-5,7,10-15,17H2,1-2H3,(H,29,33). The number of piperidine rings is 1. The first kappa shape index (κ1) is 27.4. The molecule has 33 heavy (non-hydrogen) atoms. The van der Waals surface area contributed by atoms with Gasteiger partial charge in [0.25, 0.3) is 0 Å². The molecule has 1 atom stereocenters. The van der Waals surface area contributed by atoms with Crippen LogP contribution in [0.4, 0.5) is 23.7 Å². The number of likely N-dealkylation sites (tertiary alicyclic amines) is 1. The van der Waals surface area contributed by atoms with Crippen LogP contribution in [0, 0.1) is 0 Å². The number of nitrogens with zero attached hydrogens (tertiary/aromatic N) is 2. The molecule has 2 rings (SSSR count). The quantitative estimate of drug-likeness (QED) is 0.298. The van der Waals surface area contributed by atoms with Gasteiger partial charge in [0, 0.05) is 43.8 Å². The Morgan fingerprint density at radius 1 is 1.24 bits per heavy atom. The van der Waals surface area contributed by atoms with Gasteiger partial charge in [-0.05, 0) is 57.2 Å². The van der Waals surface area contributed by atoms with Crippen LogP contribution in [-0.2, 0) is 11.0 Å². The van der Waals surface area contributed by atoms with Crippen molar-refractivity contribution in [2.45, 2.75) is 77.1 Å². The molecule has 1 N–H and O–H groups in total. The van der Waals surface area contributed by atoms with Crippen molar-refractivity contribution in [3.63, 3.8) is 0 Å². The number of carbonyl (C=O) groups is 2. The third-order valence-corrected chi connectivity index (χ3v) is 6.52. The topological polar surface area (TPSA) is 52.7 Å². The zero-order chi connectivity index (χ0) is 24.4. The fourth-order valence-corrected chi connectivity index (χ4v) is 4.46. The first-order valence-corrected chi connectivity index (χ1v) is 12.3. The molecule has 1 aromatic rings. The van der Waals surface area contributed by atoms with E-state index in [-0.39, 0.29) is 23.4 Å². The molecule has 0 bridgehead atoms. The third kappa shape index (κ3) is 8.81. The number of ketones is 1. The van der Waals surface area contributed by atoms with Crippen LogP contribution in [0.1, 0.15) is 64.4 Å². The van der Waals surface area contributed by atoms with E-state index in [0.717, 1.165) is 50.9 Å². The average molecular weight is 490 g/mol. The number of rotatable bonds is 11. The van der Waals surface area contributed by atoms with Gasteiger partial charge in [-0.15, -0.1) is 11.6 Å².